The Morgan fingerprint density at radius 1 is 1.13 bits per heavy atom. The molecule has 2 rings (SSSR count). The number of ether oxygens (including phenoxy) is 1. The Morgan fingerprint density at radius 3 is 2.43 bits per heavy atom. The van der Waals surface area contributed by atoms with E-state index in [-0.39, 0.29) is 16.7 Å². The monoisotopic (exact) mass is 330 g/mol. The molecule has 2 aromatic carbocycles. The fraction of sp³-hybridized carbons (Fsp3) is 0.133. The number of carboxylic acid groups (broad SMARTS) is 1. The van der Waals surface area contributed by atoms with Crippen molar-refractivity contribution in [3.05, 3.63) is 53.8 Å². The molecule has 2 N–H and O–H groups in total. The third-order valence-corrected chi connectivity index (χ3v) is 2.92. The van der Waals surface area contributed by atoms with Gasteiger partial charge in [-0.05, 0) is 35.4 Å². The maximum Gasteiger partial charge on any atom is 0.573 e. The second-order valence-electron chi connectivity index (χ2n) is 4.55. The summed E-state index contributed by atoms with van der Waals surface area (Å²) in [6, 6.07) is 7.71. The number of aliphatic hydroxyl groups is 1. The normalized spacial score (nSPS) is 12.7. The second kappa shape index (κ2) is 6.25. The van der Waals surface area contributed by atoms with Crippen LogP contribution in [0, 0.1) is 5.82 Å². The predicted molar refractivity (Wildman–Crippen MR) is 71.1 cm³/mol. The Morgan fingerprint density at radius 2 is 1.83 bits per heavy atom. The molecule has 0 radical (unpaired) electrons. The molecule has 0 heterocycles. The molecule has 1 atom stereocenters. The minimum Gasteiger partial charge on any atom is -0.479 e. The largest absolute Gasteiger partial charge is 0.573 e. The highest BCUT2D eigenvalue weighted by molar-refractivity contribution is 5.79. The predicted octanol–water partition coefficient (Wildman–Crippen LogP) is 3.51. The summed E-state index contributed by atoms with van der Waals surface area (Å²) >= 11 is 0. The molecule has 2 aromatic rings. The molecule has 0 saturated heterocycles. The summed E-state index contributed by atoms with van der Waals surface area (Å²) < 4.78 is 53.9. The maximum absolute atomic E-state index is 13.3. The van der Waals surface area contributed by atoms with Crippen molar-refractivity contribution in [2.45, 2.75) is 12.5 Å². The van der Waals surface area contributed by atoms with E-state index in [1.54, 1.807) is 0 Å². The topological polar surface area (TPSA) is 66.8 Å². The molecular weight excluding hydrogens is 320 g/mol. The highest BCUT2D eigenvalue weighted by atomic mass is 19.4. The minimum absolute atomic E-state index is 0.0777. The van der Waals surface area contributed by atoms with E-state index in [0.29, 0.717) is 0 Å². The first-order chi connectivity index (χ1) is 10.7. The van der Waals surface area contributed by atoms with Crippen molar-refractivity contribution >= 4 is 5.97 Å². The molecule has 1 unspecified atom stereocenters. The molecule has 0 saturated carbocycles. The van der Waals surface area contributed by atoms with Gasteiger partial charge >= 0.3 is 12.3 Å². The number of aliphatic hydroxyl groups excluding tert-OH is 1. The first-order valence-corrected chi connectivity index (χ1v) is 6.24. The standard InChI is InChI=1S/C15H10F4O4/c16-9-4-5-11(12(7-9)13(20)14(21)22)8-2-1-3-10(6-8)23-15(17,18)19/h1-7,13,20H,(H,21,22). The van der Waals surface area contributed by atoms with E-state index in [9.17, 15) is 27.5 Å². The lowest BCUT2D eigenvalue weighted by Gasteiger charge is -2.14. The number of carbonyl (C=O) groups is 1. The van der Waals surface area contributed by atoms with Gasteiger partial charge in [0, 0.05) is 5.56 Å². The first-order valence-electron chi connectivity index (χ1n) is 6.24. The number of carboxylic acids is 1. The Labute approximate surface area is 127 Å². The lowest BCUT2D eigenvalue weighted by molar-refractivity contribution is -0.274. The van der Waals surface area contributed by atoms with E-state index in [2.05, 4.69) is 4.74 Å². The van der Waals surface area contributed by atoms with Crippen molar-refractivity contribution < 1.29 is 37.3 Å². The van der Waals surface area contributed by atoms with Gasteiger partial charge in [-0.15, -0.1) is 13.2 Å². The van der Waals surface area contributed by atoms with E-state index in [1.807, 2.05) is 0 Å². The highest BCUT2D eigenvalue weighted by Gasteiger charge is 2.31. The lowest BCUT2D eigenvalue weighted by atomic mass is 9.96. The molecule has 4 nitrogen and oxygen atoms in total. The van der Waals surface area contributed by atoms with Crippen LogP contribution in [-0.2, 0) is 4.79 Å². The minimum atomic E-state index is -4.88. The van der Waals surface area contributed by atoms with E-state index in [0.717, 1.165) is 24.3 Å². The van der Waals surface area contributed by atoms with Crippen LogP contribution in [0.1, 0.15) is 11.7 Å². The zero-order valence-electron chi connectivity index (χ0n) is 11.3. The highest BCUT2D eigenvalue weighted by Crippen LogP contribution is 2.32. The van der Waals surface area contributed by atoms with Crippen LogP contribution in [0.3, 0.4) is 0 Å². The summed E-state index contributed by atoms with van der Waals surface area (Å²) in [5, 5.41) is 18.5. The van der Waals surface area contributed by atoms with Crippen LogP contribution in [0.15, 0.2) is 42.5 Å². The number of rotatable bonds is 4. The lowest BCUT2D eigenvalue weighted by Crippen LogP contribution is -2.17. The Balaban J connectivity index is 2.50. The molecule has 0 spiro atoms. The molecule has 0 bridgehead atoms. The van der Waals surface area contributed by atoms with Crippen molar-refractivity contribution in [2.24, 2.45) is 0 Å². The van der Waals surface area contributed by atoms with Crippen LogP contribution in [0.2, 0.25) is 0 Å². The molecule has 0 aliphatic rings. The molecule has 23 heavy (non-hydrogen) atoms. The van der Waals surface area contributed by atoms with Gasteiger partial charge in [-0.2, -0.15) is 0 Å². The van der Waals surface area contributed by atoms with Crippen molar-refractivity contribution in [1.29, 1.82) is 0 Å². The van der Waals surface area contributed by atoms with Crippen LogP contribution in [-0.4, -0.2) is 22.5 Å². The third kappa shape index (κ3) is 4.19. The zero-order valence-corrected chi connectivity index (χ0v) is 11.3. The van der Waals surface area contributed by atoms with Gasteiger partial charge in [0.15, 0.2) is 6.10 Å². The van der Waals surface area contributed by atoms with Gasteiger partial charge in [-0.3, -0.25) is 0 Å². The average Bonchev–Trinajstić information content (AvgIpc) is 2.44. The Hall–Kier alpha value is -2.61. The second-order valence-corrected chi connectivity index (χ2v) is 4.55. The fourth-order valence-corrected chi connectivity index (χ4v) is 2.02. The number of halogens is 4. The third-order valence-electron chi connectivity index (χ3n) is 2.92. The van der Waals surface area contributed by atoms with Gasteiger partial charge in [-0.1, -0.05) is 18.2 Å². The quantitative estimate of drug-likeness (QED) is 0.842. The summed E-state index contributed by atoms with van der Waals surface area (Å²) in [5.41, 5.74) is -0.0577. The van der Waals surface area contributed by atoms with E-state index >= 15 is 0 Å². The van der Waals surface area contributed by atoms with Gasteiger partial charge in [0.05, 0.1) is 0 Å². The molecular formula is C15H10F4O4. The smallest absolute Gasteiger partial charge is 0.479 e. The number of hydrogen-bond donors (Lipinski definition) is 2. The number of alkyl halides is 3. The van der Waals surface area contributed by atoms with Gasteiger partial charge in [0.1, 0.15) is 11.6 Å². The summed E-state index contributed by atoms with van der Waals surface area (Å²) in [7, 11) is 0. The summed E-state index contributed by atoms with van der Waals surface area (Å²) in [6.45, 7) is 0. The summed E-state index contributed by atoms with van der Waals surface area (Å²) in [4.78, 5) is 10.9. The van der Waals surface area contributed by atoms with Gasteiger partial charge in [0.25, 0.3) is 0 Å². The van der Waals surface area contributed by atoms with Crippen molar-refractivity contribution in [3.63, 3.8) is 0 Å². The van der Waals surface area contributed by atoms with Gasteiger partial charge < -0.3 is 14.9 Å². The maximum atomic E-state index is 13.3. The number of benzene rings is 2. The van der Waals surface area contributed by atoms with E-state index < -0.39 is 30.0 Å². The molecule has 0 fully saturated rings. The number of hydrogen-bond acceptors (Lipinski definition) is 3. The van der Waals surface area contributed by atoms with Crippen molar-refractivity contribution in [1.82, 2.24) is 0 Å². The SMILES string of the molecule is O=C(O)C(O)c1cc(F)ccc1-c1cccc(OC(F)(F)F)c1. The van der Waals surface area contributed by atoms with Crippen LogP contribution in [0.4, 0.5) is 17.6 Å². The molecule has 122 valence electrons. The summed E-state index contributed by atoms with van der Waals surface area (Å²) in [6.07, 6.45) is -6.90. The van der Waals surface area contributed by atoms with E-state index in [4.69, 9.17) is 5.11 Å². The van der Waals surface area contributed by atoms with E-state index in [1.165, 1.54) is 18.2 Å². The van der Waals surface area contributed by atoms with Crippen molar-refractivity contribution in [3.8, 4) is 16.9 Å². The van der Waals surface area contributed by atoms with Gasteiger partial charge in [-0.25, -0.2) is 9.18 Å². The Kier molecular flexibility index (Phi) is 4.55. The van der Waals surface area contributed by atoms with Gasteiger partial charge in [0.2, 0.25) is 0 Å². The fourth-order valence-electron chi connectivity index (χ4n) is 2.02. The first kappa shape index (κ1) is 16.8. The molecule has 0 aliphatic heterocycles. The number of aliphatic carboxylic acids is 1. The van der Waals surface area contributed by atoms with Crippen LogP contribution >= 0.6 is 0 Å². The zero-order chi connectivity index (χ0) is 17.2. The molecule has 0 amide bonds. The summed E-state index contributed by atoms with van der Waals surface area (Å²) in [5.74, 6) is -2.92. The molecule has 0 aromatic heterocycles. The van der Waals surface area contributed by atoms with Crippen LogP contribution in [0.25, 0.3) is 11.1 Å². The average molecular weight is 330 g/mol. The molecule has 8 heteroatoms. The van der Waals surface area contributed by atoms with Crippen molar-refractivity contribution in [2.75, 3.05) is 0 Å². The van der Waals surface area contributed by atoms with Crippen LogP contribution in [0.5, 0.6) is 5.75 Å². The molecule has 0 aliphatic carbocycles. The Bertz CT molecular complexity index is 728. The van der Waals surface area contributed by atoms with Crippen LogP contribution < -0.4 is 4.74 Å².